The molecule has 1 heterocycles. The Hall–Kier alpha value is -4.06. The normalized spacial score (nSPS) is 10.8. The maximum atomic E-state index is 13.4. The van der Waals surface area contributed by atoms with Gasteiger partial charge in [-0.25, -0.2) is 4.79 Å². The molecule has 1 aromatic heterocycles. The van der Waals surface area contributed by atoms with Crippen molar-refractivity contribution in [1.82, 2.24) is 0 Å². The maximum Gasteiger partial charge on any atom is 0.344 e. The number of fused-ring (bicyclic) bond motifs is 1. The van der Waals surface area contributed by atoms with E-state index in [1.54, 1.807) is 37.4 Å². The quantitative estimate of drug-likeness (QED) is 0.365. The van der Waals surface area contributed by atoms with E-state index in [-0.39, 0.29) is 23.5 Å². The summed E-state index contributed by atoms with van der Waals surface area (Å²) in [5.41, 5.74) is 3.40. The molecule has 0 fully saturated rings. The van der Waals surface area contributed by atoms with Crippen LogP contribution in [0.5, 0.6) is 11.5 Å². The van der Waals surface area contributed by atoms with Crippen LogP contribution in [0.25, 0.3) is 22.3 Å². The summed E-state index contributed by atoms with van der Waals surface area (Å²) in [7, 11) is 1.58. The number of hydrogen-bond donors (Lipinski definition) is 0. The standard InChI is InChI=1S/C27H24O6/c1-17-13-18(2)25-22(14-17)24(29)27(26(33-25)20-9-11-21(30-3)12-10-20)32-16-23(28)31-15-19-7-5-4-6-8-19/h4-14H,15-16H2,1-3H3. The zero-order valence-electron chi connectivity index (χ0n) is 18.7. The minimum absolute atomic E-state index is 0.0330. The number of aryl methyl sites for hydroxylation is 2. The van der Waals surface area contributed by atoms with Gasteiger partial charge in [0.05, 0.1) is 12.5 Å². The molecular formula is C27H24O6. The fourth-order valence-corrected chi connectivity index (χ4v) is 3.61. The van der Waals surface area contributed by atoms with Crippen molar-refractivity contribution in [3.8, 4) is 22.8 Å². The predicted octanol–water partition coefficient (Wildman–Crippen LogP) is 5.21. The van der Waals surface area contributed by atoms with Crippen LogP contribution in [0.15, 0.2) is 75.9 Å². The second-order valence-corrected chi connectivity index (χ2v) is 7.71. The second-order valence-electron chi connectivity index (χ2n) is 7.71. The van der Waals surface area contributed by atoms with Gasteiger partial charge < -0.3 is 18.6 Å². The number of rotatable bonds is 7. The first-order chi connectivity index (χ1) is 16.0. The Morgan fingerprint density at radius 1 is 0.970 bits per heavy atom. The lowest BCUT2D eigenvalue weighted by molar-refractivity contribution is -0.147. The third-order valence-electron chi connectivity index (χ3n) is 5.21. The molecule has 0 aliphatic heterocycles. The molecule has 4 aromatic rings. The van der Waals surface area contributed by atoms with E-state index in [2.05, 4.69) is 0 Å². The van der Waals surface area contributed by atoms with E-state index < -0.39 is 12.6 Å². The molecule has 0 spiro atoms. The molecule has 0 saturated carbocycles. The first kappa shape index (κ1) is 22.1. The molecule has 0 bridgehead atoms. The van der Waals surface area contributed by atoms with Crippen LogP contribution in [0.4, 0.5) is 0 Å². The van der Waals surface area contributed by atoms with E-state index in [0.29, 0.717) is 22.3 Å². The van der Waals surface area contributed by atoms with Crippen LogP contribution in [-0.4, -0.2) is 19.7 Å². The van der Waals surface area contributed by atoms with E-state index in [4.69, 9.17) is 18.6 Å². The van der Waals surface area contributed by atoms with Crippen molar-refractivity contribution in [1.29, 1.82) is 0 Å². The molecule has 168 valence electrons. The van der Waals surface area contributed by atoms with E-state index in [1.165, 1.54) is 0 Å². The van der Waals surface area contributed by atoms with Crippen LogP contribution >= 0.6 is 0 Å². The average molecular weight is 444 g/mol. The molecule has 0 unspecified atom stereocenters. The molecule has 0 atom stereocenters. The van der Waals surface area contributed by atoms with Gasteiger partial charge in [0, 0.05) is 5.56 Å². The van der Waals surface area contributed by atoms with Gasteiger partial charge in [0.15, 0.2) is 12.4 Å². The highest BCUT2D eigenvalue weighted by atomic mass is 16.6. The van der Waals surface area contributed by atoms with Gasteiger partial charge in [-0.05, 0) is 60.9 Å². The Bertz CT molecular complexity index is 1340. The third kappa shape index (κ3) is 4.90. The summed E-state index contributed by atoms with van der Waals surface area (Å²) in [6.07, 6.45) is 0. The van der Waals surface area contributed by atoms with Gasteiger partial charge in [0.1, 0.15) is 17.9 Å². The Morgan fingerprint density at radius 2 is 1.70 bits per heavy atom. The van der Waals surface area contributed by atoms with Crippen LogP contribution in [-0.2, 0) is 16.1 Å². The molecule has 0 amide bonds. The molecular weight excluding hydrogens is 420 g/mol. The zero-order valence-corrected chi connectivity index (χ0v) is 18.7. The molecule has 6 nitrogen and oxygen atoms in total. The number of benzene rings is 3. The third-order valence-corrected chi connectivity index (χ3v) is 5.21. The van der Waals surface area contributed by atoms with Crippen LogP contribution in [0.2, 0.25) is 0 Å². The summed E-state index contributed by atoms with van der Waals surface area (Å²) in [6, 6.07) is 20.1. The number of hydrogen-bond acceptors (Lipinski definition) is 6. The average Bonchev–Trinajstić information content (AvgIpc) is 2.83. The summed E-state index contributed by atoms with van der Waals surface area (Å²) < 4.78 is 22.4. The molecule has 6 heteroatoms. The molecule has 0 radical (unpaired) electrons. The topological polar surface area (TPSA) is 75.0 Å². The Balaban J connectivity index is 1.67. The smallest absolute Gasteiger partial charge is 0.344 e. The Labute approximate surface area is 191 Å². The first-order valence-electron chi connectivity index (χ1n) is 10.5. The monoisotopic (exact) mass is 444 g/mol. The van der Waals surface area contributed by atoms with Gasteiger partial charge in [-0.2, -0.15) is 0 Å². The first-order valence-corrected chi connectivity index (χ1v) is 10.5. The van der Waals surface area contributed by atoms with Crippen molar-refractivity contribution in [2.45, 2.75) is 20.5 Å². The molecule has 33 heavy (non-hydrogen) atoms. The molecule has 0 saturated heterocycles. The predicted molar refractivity (Wildman–Crippen MR) is 126 cm³/mol. The summed E-state index contributed by atoms with van der Waals surface area (Å²) in [5.74, 6) is 0.299. The number of carbonyl (C=O) groups is 1. The molecule has 0 aliphatic carbocycles. The van der Waals surface area contributed by atoms with Crippen molar-refractivity contribution >= 4 is 16.9 Å². The lowest BCUT2D eigenvalue weighted by atomic mass is 10.1. The highest BCUT2D eigenvalue weighted by molar-refractivity contribution is 5.85. The van der Waals surface area contributed by atoms with Crippen molar-refractivity contribution in [3.63, 3.8) is 0 Å². The minimum atomic E-state index is -0.584. The summed E-state index contributed by atoms with van der Waals surface area (Å²) >= 11 is 0. The number of carbonyl (C=O) groups excluding carboxylic acids is 1. The van der Waals surface area contributed by atoms with Crippen molar-refractivity contribution in [2.24, 2.45) is 0 Å². The lowest BCUT2D eigenvalue weighted by Crippen LogP contribution is -2.19. The van der Waals surface area contributed by atoms with E-state index in [1.807, 2.05) is 50.2 Å². The van der Waals surface area contributed by atoms with Crippen molar-refractivity contribution in [2.75, 3.05) is 13.7 Å². The fourth-order valence-electron chi connectivity index (χ4n) is 3.61. The highest BCUT2D eigenvalue weighted by Crippen LogP contribution is 2.33. The molecule has 0 aliphatic rings. The maximum absolute atomic E-state index is 13.4. The molecule has 3 aromatic carbocycles. The van der Waals surface area contributed by atoms with Gasteiger partial charge in [0.25, 0.3) is 0 Å². The minimum Gasteiger partial charge on any atom is -0.497 e. The van der Waals surface area contributed by atoms with Crippen LogP contribution in [0.1, 0.15) is 16.7 Å². The Kier molecular flexibility index (Phi) is 6.45. The van der Waals surface area contributed by atoms with Crippen molar-refractivity contribution in [3.05, 3.63) is 93.6 Å². The van der Waals surface area contributed by atoms with Gasteiger partial charge >= 0.3 is 5.97 Å². The largest absolute Gasteiger partial charge is 0.497 e. The summed E-state index contributed by atoms with van der Waals surface area (Å²) in [6.45, 7) is 3.50. The van der Waals surface area contributed by atoms with E-state index in [9.17, 15) is 9.59 Å². The molecule has 4 rings (SSSR count). The second kappa shape index (κ2) is 9.61. The number of ether oxygens (including phenoxy) is 3. The number of methoxy groups -OCH3 is 1. The van der Waals surface area contributed by atoms with Crippen molar-refractivity contribution < 1.29 is 23.4 Å². The van der Waals surface area contributed by atoms with Crippen LogP contribution < -0.4 is 14.9 Å². The highest BCUT2D eigenvalue weighted by Gasteiger charge is 2.20. The number of esters is 1. The SMILES string of the molecule is COc1ccc(-c2oc3c(C)cc(C)cc3c(=O)c2OCC(=O)OCc2ccccc2)cc1. The molecule has 0 N–H and O–H groups in total. The van der Waals surface area contributed by atoms with E-state index >= 15 is 0 Å². The van der Waals surface area contributed by atoms with Gasteiger partial charge in [-0.1, -0.05) is 36.4 Å². The van der Waals surface area contributed by atoms with Gasteiger partial charge in [0.2, 0.25) is 11.2 Å². The Morgan fingerprint density at radius 3 is 2.39 bits per heavy atom. The van der Waals surface area contributed by atoms with E-state index in [0.717, 1.165) is 16.7 Å². The zero-order chi connectivity index (χ0) is 23.4. The summed E-state index contributed by atoms with van der Waals surface area (Å²) in [4.78, 5) is 25.7. The van der Waals surface area contributed by atoms with Crippen LogP contribution in [0.3, 0.4) is 0 Å². The fraction of sp³-hybridized carbons (Fsp3) is 0.185. The lowest BCUT2D eigenvalue weighted by Gasteiger charge is -2.13. The van der Waals surface area contributed by atoms with Crippen LogP contribution in [0, 0.1) is 13.8 Å². The van der Waals surface area contributed by atoms with Gasteiger partial charge in [-0.15, -0.1) is 0 Å². The van der Waals surface area contributed by atoms with Gasteiger partial charge in [-0.3, -0.25) is 4.79 Å². The summed E-state index contributed by atoms with van der Waals surface area (Å²) in [5, 5.41) is 0.400.